The van der Waals surface area contributed by atoms with Crippen LogP contribution in [0.1, 0.15) is 33.6 Å². The van der Waals surface area contributed by atoms with Gasteiger partial charge in [0, 0.05) is 5.41 Å². The van der Waals surface area contributed by atoms with Gasteiger partial charge in [0.15, 0.2) is 0 Å². The summed E-state index contributed by atoms with van der Waals surface area (Å²) in [4.78, 5) is 49.1. The molecule has 2 aliphatic carbocycles. The van der Waals surface area contributed by atoms with Crippen LogP contribution in [0.3, 0.4) is 0 Å². The van der Waals surface area contributed by atoms with Gasteiger partial charge in [0.05, 0.1) is 11.8 Å². The van der Waals surface area contributed by atoms with Crippen molar-refractivity contribution < 1.29 is 38.5 Å². The van der Waals surface area contributed by atoms with Crippen molar-refractivity contribution in [2.75, 3.05) is 12.0 Å². The van der Waals surface area contributed by atoms with Gasteiger partial charge in [-0.3, -0.25) is 14.4 Å². The van der Waals surface area contributed by atoms with E-state index in [2.05, 4.69) is 5.32 Å². The van der Waals surface area contributed by atoms with E-state index in [9.17, 15) is 33.8 Å². The Kier molecular flexibility index (Phi) is 6.14. The van der Waals surface area contributed by atoms with E-state index in [-0.39, 0.29) is 18.6 Å². The third kappa shape index (κ3) is 3.64. The zero-order valence-electron chi connectivity index (χ0n) is 16.7. The molecule has 2 aliphatic rings. The number of primary amides is 1. The van der Waals surface area contributed by atoms with Crippen molar-refractivity contribution in [1.29, 1.82) is 0 Å². The average molecular weight is 434 g/mol. The molecule has 2 saturated carbocycles. The lowest BCUT2D eigenvalue weighted by molar-refractivity contribution is -0.152. The van der Waals surface area contributed by atoms with Gasteiger partial charge >= 0.3 is 18.0 Å². The third-order valence-corrected chi connectivity index (χ3v) is 6.48. The number of carbonyl (C=O) groups excluding carboxylic acids is 2. The molecule has 0 bridgehead atoms. The zero-order chi connectivity index (χ0) is 22.4. The molecule has 5 unspecified atom stereocenters. The first-order chi connectivity index (χ1) is 13.3. The number of carboxylic acid groups (broad SMARTS) is 2. The van der Waals surface area contributed by atoms with Crippen LogP contribution in [-0.2, 0) is 19.1 Å². The first-order valence-corrected chi connectivity index (χ1v) is 10.5. The summed E-state index contributed by atoms with van der Waals surface area (Å²) in [5.41, 5.74) is 0.760. The highest BCUT2D eigenvalue weighted by molar-refractivity contribution is 7.98. The van der Waals surface area contributed by atoms with Gasteiger partial charge in [0.25, 0.3) is 0 Å². The van der Waals surface area contributed by atoms with E-state index in [4.69, 9.17) is 10.5 Å². The van der Waals surface area contributed by atoms with Gasteiger partial charge in [-0.25, -0.2) is 9.18 Å². The maximum Gasteiger partial charge on any atom is 0.408 e. The van der Waals surface area contributed by atoms with Crippen LogP contribution < -0.4 is 11.1 Å². The molecule has 0 spiro atoms. The van der Waals surface area contributed by atoms with Crippen molar-refractivity contribution >= 4 is 35.7 Å². The lowest BCUT2D eigenvalue weighted by Crippen LogP contribution is -2.67. The van der Waals surface area contributed by atoms with Crippen molar-refractivity contribution in [3.05, 3.63) is 0 Å². The van der Waals surface area contributed by atoms with Gasteiger partial charge in [-0.05, 0) is 51.5 Å². The predicted octanol–water partition coefficient (Wildman–Crippen LogP) is 1.25. The number of hydrogen-bond donors (Lipinski definition) is 4. The van der Waals surface area contributed by atoms with Gasteiger partial charge in [-0.1, -0.05) is 0 Å². The fraction of sp³-hybridized carbons (Fsp3) is 0.778. The van der Waals surface area contributed by atoms with Crippen LogP contribution in [0.5, 0.6) is 0 Å². The van der Waals surface area contributed by atoms with Crippen molar-refractivity contribution in [2.45, 2.75) is 50.9 Å². The molecule has 0 heterocycles. The highest BCUT2D eigenvalue weighted by Gasteiger charge is 2.87. The summed E-state index contributed by atoms with van der Waals surface area (Å²) in [6.45, 7) is 4.77. The standard InChI is InChI=1S/C18H27FN2O7S/c1-16(2,3)28-15(27)21-17(14(20)26,5-6-29-4)18-8(10(18)12(22)23)7-9(19)11(18)13(24)25/h8-11H,5-7H2,1-4H3,(H2,20,26)(H,21,27)(H,22,23)(H,24,25)/t8?,9?,10?,11?,17-,18?/m0/s1. The fourth-order valence-electron chi connectivity index (χ4n) is 5.02. The Hall–Kier alpha value is -2.04. The number of aliphatic carboxylic acids is 2. The summed E-state index contributed by atoms with van der Waals surface area (Å²) in [6, 6.07) is 0. The highest BCUT2D eigenvalue weighted by atomic mass is 32.2. The molecule has 164 valence electrons. The number of amides is 2. The molecule has 0 radical (unpaired) electrons. The number of alkyl halides is 1. The molecule has 6 atom stereocenters. The van der Waals surface area contributed by atoms with Crippen LogP contribution in [-0.4, -0.2) is 63.5 Å². The molecular formula is C18H27FN2O7S. The summed E-state index contributed by atoms with van der Waals surface area (Å²) in [6.07, 6.45) is -1.68. The molecule has 2 fully saturated rings. The minimum Gasteiger partial charge on any atom is -0.481 e. The molecule has 29 heavy (non-hydrogen) atoms. The number of nitrogens with two attached hydrogens (primary N) is 1. The first-order valence-electron chi connectivity index (χ1n) is 9.16. The molecule has 9 nitrogen and oxygen atoms in total. The number of carboxylic acids is 2. The van der Waals surface area contributed by atoms with E-state index in [1.807, 2.05) is 0 Å². The molecule has 0 saturated heterocycles. The van der Waals surface area contributed by atoms with Crippen LogP contribution in [0.15, 0.2) is 0 Å². The molecule has 2 rings (SSSR count). The minimum atomic E-state index is -2.09. The van der Waals surface area contributed by atoms with E-state index in [0.29, 0.717) is 0 Å². The lowest BCUT2D eigenvalue weighted by atomic mass is 9.68. The second-order valence-electron chi connectivity index (χ2n) is 8.56. The molecule has 0 aromatic rings. The number of thioether (sulfide) groups is 1. The third-order valence-electron chi connectivity index (χ3n) is 5.86. The van der Waals surface area contributed by atoms with Gasteiger partial charge < -0.3 is 26.0 Å². The second-order valence-corrected chi connectivity index (χ2v) is 9.55. The molecule has 5 N–H and O–H groups in total. The summed E-state index contributed by atoms with van der Waals surface area (Å²) >= 11 is 1.29. The Morgan fingerprint density at radius 3 is 2.17 bits per heavy atom. The molecule has 11 heteroatoms. The SMILES string of the molecule is CSCC[C@](NC(=O)OC(C)(C)C)(C(N)=O)C12C(CC(F)C1C(=O)O)C2C(=O)O. The van der Waals surface area contributed by atoms with E-state index in [1.165, 1.54) is 11.8 Å². The summed E-state index contributed by atoms with van der Waals surface area (Å²) in [7, 11) is 0. The summed E-state index contributed by atoms with van der Waals surface area (Å²) in [5.74, 6) is -7.83. The van der Waals surface area contributed by atoms with Gasteiger partial charge in [0.1, 0.15) is 17.3 Å². The van der Waals surface area contributed by atoms with Gasteiger partial charge in [0.2, 0.25) is 5.91 Å². The second kappa shape index (κ2) is 7.66. The number of hydrogen-bond acceptors (Lipinski definition) is 6. The monoisotopic (exact) mass is 434 g/mol. The number of rotatable bonds is 8. The van der Waals surface area contributed by atoms with Crippen molar-refractivity contribution in [2.24, 2.45) is 28.9 Å². The van der Waals surface area contributed by atoms with Crippen LogP contribution in [0.2, 0.25) is 0 Å². The molecular weight excluding hydrogens is 407 g/mol. The average Bonchev–Trinajstić information content (AvgIpc) is 3.07. The number of halogens is 1. The maximum absolute atomic E-state index is 14.7. The van der Waals surface area contributed by atoms with Crippen molar-refractivity contribution in [3.63, 3.8) is 0 Å². The van der Waals surface area contributed by atoms with Gasteiger partial charge in [-0.15, -0.1) is 0 Å². The molecule has 0 aromatic carbocycles. The first kappa shape index (κ1) is 23.2. The Morgan fingerprint density at radius 1 is 1.21 bits per heavy atom. The molecule has 0 aromatic heterocycles. The zero-order valence-corrected chi connectivity index (χ0v) is 17.5. The Balaban J connectivity index is 2.64. The molecule has 0 aliphatic heterocycles. The number of ether oxygens (including phenoxy) is 1. The number of carbonyl (C=O) groups is 4. The van der Waals surface area contributed by atoms with Crippen LogP contribution in [0.25, 0.3) is 0 Å². The Morgan fingerprint density at radius 2 is 1.76 bits per heavy atom. The normalized spacial score (nSPS) is 32.6. The summed E-state index contributed by atoms with van der Waals surface area (Å²) < 4.78 is 19.9. The highest BCUT2D eigenvalue weighted by Crippen LogP contribution is 2.76. The predicted molar refractivity (Wildman–Crippen MR) is 102 cm³/mol. The Labute approximate surface area is 171 Å². The van der Waals surface area contributed by atoms with Crippen molar-refractivity contribution in [3.8, 4) is 0 Å². The quantitative estimate of drug-likeness (QED) is 0.445. The number of alkyl carbamates (subject to hydrolysis) is 1. The van der Waals surface area contributed by atoms with Crippen molar-refractivity contribution in [1.82, 2.24) is 5.32 Å². The number of fused-ring (bicyclic) bond motifs is 1. The molecule has 2 amide bonds. The topological polar surface area (TPSA) is 156 Å². The van der Waals surface area contributed by atoms with Crippen LogP contribution in [0.4, 0.5) is 9.18 Å². The summed E-state index contributed by atoms with van der Waals surface area (Å²) in [5, 5.41) is 21.8. The minimum absolute atomic E-state index is 0.153. The van der Waals surface area contributed by atoms with Crippen LogP contribution >= 0.6 is 11.8 Å². The van der Waals surface area contributed by atoms with E-state index >= 15 is 0 Å². The van der Waals surface area contributed by atoms with E-state index in [1.54, 1.807) is 27.0 Å². The fourth-order valence-corrected chi connectivity index (χ4v) is 5.53. The smallest absolute Gasteiger partial charge is 0.408 e. The lowest BCUT2D eigenvalue weighted by Gasteiger charge is -2.42. The van der Waals surface area contributed by atoms with Gasteiger partial charge in [-0.2, -0.15) is 11.8 Å². The number of nitrogens with one attached hydrogen (secondary N) is 1. The van der Waals surface area contributed by atoms with E-state index in [0.717, 1.165) is 0 Å². The Bertz CT molecular complexity index is 727. The largest absolute Gasteiger partial charge is 0.481 e. The van der Waals surface area contributed by atoms with Crippen LogP contribution in [0, 0.1) is 23.2 Å². The maximum atomic E-state index is 14.7. The van der Waals surface area contributed by atoms with E-state index < -0.39 is 64.4 Å².